The molecular formula is C31H42F3N3O4. The first-order chi connectivity index (χ1) is 19.1. The van der Waals surface area contributed by atoms with Gasteiger partial charge in [-0.1, -0.05) is 18.2 Å². The van der Waals surface area contributed by atoms with Crippen LogP contribution in [0, 0.1) is 0 Å². The first-order valence-corrected chi connectivity index (χ1v) is 14.0. The highest BCUT2D eigenvalue weighted by Crippen LogP contribution is 2.34. The molecule has 0 bridgehead atoms. The van der Waals surface area contributed by atoms with Crippen LogP contribution in [0.25, 0.3) is 0 Å². The second-order valence-electron chi connectivity index (χ2n) is 11.9. The predicted octanol–water partition coefficient (Wildman–Crippen LogP) is 6.35. The molecule has 0 radical (unpaired) electrons. The lowest BCUT2D eigenvalue weighted by Gasteiger charge is -2.37. The third kappa shape index (κ3) is 8.86. The van der Waals surface area contributed by atoms with Crippen LogP contribution in [0.4, 0.5) is 18.0 Å². The molecule has 1 heterocycles. The number of carbonyl (C=O) groups is 2. The molecule has 0 aliphatic carbocycles. The van der Waals surface area contributed by atoms with E-state index < -0.39 is 29.5 Å². The van der Waals surface area contributed by atoms with Crippen LogP contribution in [0.3, 0.4) is 0 Å². The third-order valence-corrected chi connectivity index (χ3v) is 6.90. The molecule has 1 aliphatic heterocycles. The molecule has 10 heteroatoms. The zero-order chi connectivity index (χ0) is 30.5. The number of fused-ring (bicyclic) bond motifs is 1. The number of benzene rings is 2. The molecule has 7 nitrogen and oxygen atoms in total. The number of halogens is 3. The van der Waals surface area contributed by atoms with E-state index in [0.717, 1.165) is 17.7 Å². The number of ether oxygens (including phenoxy) is 2. The van der Waals surface area contributed by atoms with Crippen LogP contribution in [-0.2, 0) is 28.7 Å². The van der Waals surface area contributed by atoms with E-state index in [-0.39, 0.29) is 19.1 Å². The average molecular weight is 578 g/mol. The largest absolute Gasteiger partial charge is 0.489 e. The molecule has 1 aliphatic rings. The predicted molar refractivity (Wildman–Crippen MR) is 152 cm³/mol. The second-order valence-corrected chi connectivity index (χ2v) is 11.9. The van der Waals surface area contributed by atoms with Crippen LogP contribution >= 0.6 is 0 Å². The van der Waals surface area contributed by atoms with E-state index in [1.54, 1.807) is 32.9 Å². The van der Waals surface area contributed by atoms with E-state index >= 15 is 0 Å². The number of rotatable bonds is 9. The highest BCUT2D eigenvalue weighted by molar-refractivity contribution is 5.88. The quantitative estimate of drug-likeness (QED) is 0.376. The zero-order valence-electron chi connectivity index (χ0n) is 25.0. The monoisotopic (exact) mass is 577 g/mol. The summed E-state index contributed by atoms with van der Waals surface area (Å²) in [4.78, 5) is 30.4. The molecule has 0 saturated carbocycles. The molecule has 2 aromatic rings. The highest BCUT2D eigenvalue weighted by atomic mass is 19.4. The van der Waals surface area contributed by atoms with Gasteiger partial charge in [0, 0.05) is 31.7 Å². The Kier molecular flexibility index (Phi) is 10.3. The molecule has 1 unspecified atom stereocenters. The summed E-state index contributed by atoms with van der Waals surface area (Å²) in [7, 11) is 0. The van der Waals surface area contributed by atoms with Crippen LogP contribution < -0.4 is 10.1 Å². The molecular weight excluding hydrogens is 535 g/mol. The molecule has 41 heavy (non-hydrogen) atoms. The maximum absolute atomic E-state index is 13.6. The van der Waals surface area contributed by atoms with Crippen molar-refractivity contribution in [3.8, 4) is 5.75 Å². The Morgan fingerprint density at radius 2 is 1.66 bits per heavy atom. The van der Waals surface area contributed by atoms with Gasteiger partial charge < -0.3 is 14.8 Å². The molecule has 3 rings (SSSR count). The molecule has 1 atom stereocenters. The van der Waals surface area contributed by atoms with Crippen molar-refractivity contribution in [3.63, 3.8) is 0 Å². The van der Waals surface area contributed by atoms with Gasteiger partial charge in [-0.3, -0.25) is 14.6 Å². The fraction of sp³-hybridized carbons (Fsp3) is 0.548. The van der Waals surface area contributed by atoms with Gasteiger partial charge in [-0.25, -0.2) is 4.79 Å². The average Bonchev–Trinajstić information content (AvgIpc) is 2.87. The van der Waals surface area contributed by atoms with Gasteiger partial charge in [0.1, 0.15) is 24.0 Å². The Balaban J connectivity index is 1.78. The van der Waals surface area contributed by atoms with Crippen molar-refractivity contribution in [1.29, 1.82) is 0 Å². The Bertz CT molecular complexity index is 1180. The Labute approximate surface area is 241 Å². The Morgan fingerprint density at radius 3 is 2.22 bits per heavy atom. The van der Waals surface area contributed by atoms with Gasteiger partial charge in [0.2, 0.25) is 5.91 Å². The summed E-state index contributed by atoms with van der Waals surface area (Å²) < 4.78 is 50.0. The summed E-state index contributed by atoms with van der Waals surface area (Å²) in [5, 5.41) is 3.02. The molecule has 0 fully saturated rings. The van der Waals surface area contributed by atoms with Crippen molar-refractivity contribution < 1.29 is 32.2 Å². The number of carbonyl (C=O) groups excluding carboxylic acids is 2. The van der Waals surface area contributed by atoms with Crippen molar-refractivity contribution >= 4 is 12.0 Å². The minimum atomic E-state index is -4.39. The van der Waals surface area contributed by atoms with E-state index in [1.165, 1.54) is 17.0 Å². The summed E-state index contributed by atoms with van der Waals surface area (Å²) in [6, 6.07) is 9.91. The number of alkyl halides is 3. The van der Waals surface area contributed by atoms with Crippen LogP contribution in [0.15, 0.2) is 42.5 Å². The molecule has 2 amide bonds. The fourth-order valence-corrected chi connectivity index (χ4v) is 4.97. The van der Waals surface area contributed by atoms with Gasteiger partial charge >= 0.3 is 12.3 Å². The number of amides is 2. The lowest BCUT2D eigenvalue weighted by molar-refractivity contribution is -0.137. The first kappa shape index (κ1) is 32.2. The van der Waals surface area contributed by atoms with E-state index in [0.29, 0.717) is 48.5 Å². The lowest BCUT2D eigenvalue weighted by atomic mass is 9.92. The summed E-state index contributed by atoms with van der Waals surface area (Å²) in [6.45, 7) is 15.3. The van der Waals surface area contributed by atoms with Crippen LogP contribution in [0.1, 0.15) is 76.8 Å². The number of hydrogen-bond donors (Lipinski definition) is 1. The molecule has 2 aromatic carbocycles. The second kappa shape index (κ2) is 13.1. The Hall–Kier alpha value is -3.27. The molecule has 0 saturated heterocycles. The van der Waals surface area contributed by atoms with Crippen molar-refractivity contribution in [2.24, 2.45) is 0 Å². The van der Waals surface area contributed by atoms with E-state index in [9.17, 15) is 22.8 Å². The van der Waals surface area contributed by atoms with E-state index in [2.05, 4.69) is 37.9 Å². The van der Waals surface area contributed by atoms with Gasteiger partial charge in [-0.15, -0.1) is 0 Å². The van der Waals surface area contributed by atoms with Crippen molar-refractivity contribution in [3.05, 3.63) is 64.7 Å². The minimum absolute atomic E-state index is 0.0904. The lowest BCUT2D eigenvalue weighted by Crippen LogP contribution is -2.50. The summed E-state index contributed by atoms with van der Waals surface area (Å²) >= 11 is 0. The number of nitrogens with zero attached hydrogens (tertiary/aromatic N) is 2. The van der Waals surface area contributed by atoms with E-state index in [1.807, 2.05) is 6.07 Å². The topological polar surface area (TPSA) is 71.1 Å². The van der Waals surface area contributed by atoms with Crippen molar-refractivity contribution in [2.45, 2.75) is 91.4 Å². The van der Waals surface area contributed by atoms with Crippen LogP contribution in [-0.4, -0.2) is 59.1 Å². The van der Waals surface area contributed by atoms with Gasteiger partial charge in [0.05, 0.1) is 5.56 Å². The summed E-state index contributed by atoms with van der Waals surface area (Å²) in [5.74, 6) is 0.237. The molecule has 0 spiro atoms. The maximum atomic E-state index is 13.6. The zero-order valence-corrected chi connectivity index (χ0v) is 25.0. The minimum Gasteiger partial charge on any atom is -0.489 e. The fourth-order valence-electron chi connectivity index (χ4n) is 4.97. The standard InChI is InChI=1S/C31H42F3N3O4/c1-20(2)36(21(3)4)17-15-35-28(38)27-26-13-12-25(40-19-22-8-10-24(11-9-22)31(32,33)34)18-23(26)14-16-37(27)29(39)41-30(5,6)7/h8-13,18,20-21,27H,14-17,19H2,1-7H3,(H,35,38). The van der Waals surface area contributed by atoms with Crippen molar-refractivity contribution in [2.75, 3.05) is 19.6 Å². The molecule has 1 N–H and O–H groups in total. The summed E-state index contributed by atoms with van der Waals surface area (Å²) in [6.07, 6.45) is -4.46. The number of nitrogens with one attached hydrogen (secondary N) is 1. The summed E-state index contributed by atoms with van der Waals surface area (Å²) in [5.41, 5.74) is 0.714. The SMILES string of the molecule is CC(C)N(CCNC(=O)C1c2ccc(OCc3ccc(C(F)(F)F)cc3)cc2CCN1C(=O)OC(C)(C)C)C(C)C. The van der Waals surface area contributed by atoms with Gasteiger partial charge in [-0.2, -0.15) is 13.2 Å². The smallest absolute Gasteiger partial charge is 0.416 e. The van der Waals surface area contributed by atoms with Crippen molar-refractivity contribution in [1.82, 2.24) is 15.1 Å². The maximum Gasteiger partial charge on any atom is 0.416 e. The van der Waals surface area contributed by atoms with E-state index in [4.69, 9.17) is 9.47 Å². The van der Waals surface area contributed by atoms with Crippen LogP contribution in [0.2, 0.25) is 0 Å². The van der Waals surface area contributed by atoms with Gasteiger partial charge in [0.25, 0.3) is 0 Å². The van der Waals surface area contributed by atoms with Gasteiger partial charge in [-0.05, 0) is 95.8 Å². The molecule has 226 valence electrons. The number of hydrogen-bond acceptors (Lipinski definition) is 5. The van der Waals surface area contributed by atoms with Gasteiger partial charge in [0.15, 0.2) is 0 Å². The molecule has 0 aromatic heterocycles. The normalized spacial score (nSPS) is 15.7. The Morgan fingerprint density at radius 1 is 1.02 bits per heavy atom. The third-order valence-electron chi connectivity index (χ3n) is 6.90. The highest BCUT2D eigenvalue weighted by Gasteiger charge is 2.38. The first-order valence-electron chi connectivity index (χ1n) is 14.0. The van der Waals surface area contributed by atoms with Crippen LogP contribution in [0.5, 0.6) is 5.75 Å².